The summed E-state index contributed by atoms with van der Waals surface area (Å²) in [4.78, 5) is 26.6. The highest BCUT2D eigenvalue weighted by atomic mass is 16.5. The zero-order valence-electron chi connectivity index (χ0n) is 17.0. The van der Waals surface area contributed by atoms with Gasteiger partial charge in [-0.1, -0.05) is 6.07 Å². The second-order valence-corrected chi connectivity index (χ2v) is 6.98. The molecular weight excluding hydrogens is 372 g/mol. The number of amides is 1. The molecule has 1 amide bonds. The van der Waals surface area contributed by atoms with Crippen molar-refractivity contribution in [1.29, 1.82) is 0 Å². The van der Waals surface area contributed by atoms with Crippen LogP contribution in [0.4, 0.5) is 11.4 Å². The van der Waals surface area contributed by atoms with Gasteiger partial charge >= 0.3 is 5.97 Å². The fourth-order valence-corrected chi connectivity index (χ4v) is 3.31. The van der Waals surface area contributed by atoms with Gasteiger partial charge in [0.2, 0.25) is 0 Å². The third-order valence-electron chi connectivity index (χ3n) is 4.61. The number of benzene rings is 2. The summed E-state index contributed by atoms with van der Waals surface area (Å²) in [7, 11) is 1.33. The SMILES string of the molecule is COC(=O)c1ccc(N2CCOCC2)c(NC(=O)COc2cc(C)cc(C)c2)c1. The predicted octanol–water partition coefficient (Wildman–Crippen LogP) is 2.94. The largest absolute Gasteiger partial charge is 0.484 e. The van der Waals surface area contributed by atoms with Crippen molar-refractivity contribution >= 4 is 23.3 Å². The minimum Gasteiger partial charge on any atom is -0.484 e. The van der Waals surface area contributed by atoms with Crippen molar-refractivity contribution in [3.63, 3.8) is 0 Å². The van der Waals surface area contributed by atoms with Gasteiger partial charge in [0.25, 0.3) is 5.91 Å². The van der Waals surface area contributed by atoms with Gasteiger partial charge in [0.1, 0.15) is 5.75 Å². The zero-order chi connectivity index (χ0) is 20.8. The fraction of sp³-hybridized carbons (Fsp3) is 0.364. The molecule has 29 heavy (non-hydrogen) atoms. The number of rotatable bonds is 6. The Bertz CT molecular complexity index is 871. The van der Waals surface area contributed by atoms with E-state index in [1.165, 1.54) is 7.11 Å². The van der Waals surface area contributed by atoms with Crippen molar-refractivity contribution in [2.45, 2.75) is 13.8 Å². The van der Waals surface area contributed by atoms with E-state index in [9.17, 15) is 9.59 Å². The Balaban J connectivity index is 1.75. The first kappa shape index (κ1) is 20.7. The highest BCUT2D eigenvalue weighted by molar-refractivity contribution is 5.98. The lowest BCUT2D eigenvalue weighted by atomic mass is 10.1. The lowest BCUT2D eigenvalue weighted by Crippen LogP contribution is -2.37. The zero-order valence-corrected chi connectivity index (χ0v) is 17.0. The smallest absolute Gasteiger partial charge is 0.337 e. The summed E-state index contributed by atoms with van der Waals surface area (Å²) >= 11 is 0. The van der Waals surface area contributed by atoms with Crippen LogP contribution in [0, 0.1) is 13.8 Å². The Morgan fingerprint density at radius 3 is 2.41 bits per heavy atom. The number of esters is 1. The van der Waals surface area contributed by atoms with Gasteiger partial charge in [-0.3, -0.25) is 4.79 Å². The quantitative estimate of drug-likeness (QED) is 0.754. The van der Waals surface area contributed by atoms with E-state index >= 15 is 0 Å². The summed E-state index contributed by atoms with van der Waals surface area (Å²) in [6, 6.07) is 11.0. The number of hydrogen-bond donors (Lipinski definition) is 1. The Labute approximate surface area is 170 Å². The third kappa shape index (κ3) is 5.48. The van der Waals surface area contributed by atoms with Crippen LogP contribution in [-0.4, -0.2) is 51.9 Å². The van der Waals surface area contributed by atoms with Crippen LogP contribution < -0.4 is 15.0 Å². The highest BCUT2D eigenvalue weighted by Crippen LogP contribution is 2.28. The molecule has 1 N–H and O–H groups in total. The molecule has 0 saturated carbocycles. The average molecular weight is 398 g/mol. The Hall–Kier alpha value is -3.06. The first-order chi connectivity index (χ1) is 14.0. The van der Waals surface area contributed by atoms with E-state index in [1.54, 1.807) is 12.1 Å². The van der Waals surface area contributed by atoms with Crippen molar-refractivity contribution in [2.24, 2.45) is 0 Å². The van der Waals surface area contributed by atoms with E-state index in [-0.39, 0.29) is 12.5 Å². The van der Waals surface area contributed by atoms with Crippen LogP contribution >= 0.6 is 0 Å². The first-order valence-corrected chi connectivity index (χ1v) is 9.52. The molecular formula is C22H26N2O5. The number of anilines is 2. The molecule has 0 radical (unpaired) electrons. The van der Waals surface area contributed by atoms with Crippen LogP contribution in [0.3, 0.4) is 0 Å². The second-order valence-electron chi connectivity index (χ2n) is 6.98. The van der Waals surface area contributed by atoms with E-state index in [2.05, 4.69) is 10.2 Å². The molecule has 7 heteroatoms. The van der Waals surface area contributed by atoms with Crippen LogP contribution in [0.1, 0.15) is 21.5 Å². The van der Waals surface area contributed by atoms with Crippen molar-refractivity contribution in [1.82, 2.24) is 0 Å². The van der Waals surface area contributed by atoms with Crippen molar-refractivity contribution < 1.29 is 23.8 Å². The molecule has 0 spiro atoms. The number of nitrogens with one attached hydrogen (secondary N) is 1. The Morgan fingerprint density at radius 1 is 1.07 bits per heavy atom. The van der Waals surface area contributed by atoms with Gasteiger partial charge in [-0.05, 0) is 55.3 Å². The number of methoxy groups -OCH3 is 1. The van der Waals surface area contributed by atoms with Gasteiger partial charge in [-0.25, -0.2) is 4.79 Å². The summed E-state index contributed by atoms with van der Waals surface area (Å²) in [6.45, 7) is 6.47. The molecule has 1 saturated heterocycles. The maximum Gasteiger partial charge on any atom is 0.337 e. The number of nitrogens with zero attached hydrogens (tertiary/aromatic N) is 1. The molecule has 1 heterocycles. The minimum absolute atomic E-state index is 0.131. The summed E-state index contributed by atoms with van der Waals surface area (Å²) in [6.07, 6.45) is 0. The van der Waals surface area contributed by atoms with Gasteiger partial charge in [-0.15, -0.1) is 0 Å². The molecule has 7 nitrogen and oxygen atoms in total. The lowest BCUT2D eigenvalue weighted by Gasteiger charge is -2.30. The van der Waals surface area contributed by atoms with Crippen LogP contribution in [0.2, 0.25) is 0 Å². The summed E-state index contributed by atoms with van der Waals surface area (Å²) in [5, 5.41) is 2.87. The second kappa shape index (κ2) is 9.43. The fourth-order valence-electron chi connectivity index (χ4n) is 3.31. The normalized spacial score (nSPS) is 13.7. The number of carbonyl (C=O) groups is 2. The van der Waals surface area contributed by atoms with Gasteiger partial charge in [0.05, 0.1) is 37.3 Å². The van der Waals surface area contributed by atoms with Crippen molar-refractivity contribution in [3.8, 4) is 5.75 Å². The molecule has 2 aromatic rings. The molecule has 0 unspecified atom stereocenters. The monoisotopic (exact) mass is 398 g/mol. The Kier molecular flexibility index (Phi) is 6.72. The summed E-state index contributed by atoms with van der Waals surface area (Å²) < 4.78 is 15.9. The van der Waals surface area contributed by atoms with E-state index in [4.69, 9.17) is 14.2 Å². The van der Waals surface area contributed by atoms with Crippen LogP contribution in [-0.2, 0) is 14.3 Å². The summed E-state index contributed by atoms with van der Waals surface area (Å²) in [5.41, 5.74) is 3.89. The number of hydrogen-bond acceptors (Lipinski definition) is 6. The standard InChI is InChI=1S/C22H26N2O5/c1-15-10-16(2)12-18(11-15)29-14-21(25)23-19-13-17(22(26)27-3)4-5-20(19)24-6-8-28-9-7-24/h4-5,10-13H,6-9,14H2,1-3H3,(H,23,25). The highest BCUT2D eigenvalue weighted by Gasteiger charge is 2.18. The lowest BCUT2D eigenvalue weighted by molar-refractivity contribution is -0.118. The number of aryl methyl sites for hydroxylation is 2. The van der Waals surface area contributed by atoms with Gasteiger partial charge in [-0.2, -0.15) is 0 Å². The molecule has 154 valence electrons. The van der Waals surface area contributed by atoms with Gasteiger partial charge < -0.3 is 24.4 Å². The number of carbonyl (C=O) groups excluding carboxylic acids is 2. The first-order valence-electron chi connectivity index (χ1n) is 9.52. The molecule has 0 aromatic heterocycles. The van der Waals surface area contributed by atoms with E-state index in [0.29, 0.717) is 43.3 Å². The van der Waals surface area contributed by atoms with Crippen LogP contribution in [0.15, 0.2) is 36.4 Å². The molecule has 1 aliphatic heterocycles. The van der Waals surface area contributed by atoms with E-state index in [1.807, 2.05) is 38.1 Å². The molecule has 1 fully saturated rings. The maximum absolute atomic E-state index is 12.5. The van der Waals surface area contributed by atoms with Gasteiger partial charge in [0.15, 0.2) is 6.61 Å². The van der Waals surface area contributed by atoms with Crippen molar-refractivity contribution in [2.75, 3.05) is 50.2 Å². The maximum atomic E-state index is 12.5. The molecule has 1 aliphatic rings. The van der Waals surface area contributed by atoms with Crippen molar-refractivity contribution in [3.05, 3.63) is 53.1 Å². The molecule has 0 aliphatic carbocycles. The van der Waals surface area contributed by atoms with Crippen LogP contribution in [0.5, 0.6) is 5.75 Å². The molecule has 0 bridgehead atoms. The molecule has 3 rings (SSSR count). The van der Waals surface area contributed by atoms with E-state index in [0.717, 1.165) is 16.8 Å². The third-order valence-corrected chi connectivity index (χ3v) is 4.61. The molecule has 0 atom stereocenters. The molecule has 2 aromatic carbocycles. The average Bonchev–Trinajstić information content (AvgIpc) is 2.71. The number of ether oxygens (including phenoxy) is 3. The van der Waals surface area contributed by atoms with Crippen LogP contribution in [0.25, 0.3) is 0 Å². The Morgan fingerprint density at radius 2 is 1.76 bits per heavy atom. The predicted molar refractivity (Wildman–Crippen MR) is 111 cm³/mol. The number of morpholine rings is 1. The van der Waals surface area contributed by atoms with Gasteiger partial charge in [0, 0.05) is 13.1 Å². The summed E-state index contributed by atoms with van der Waals surface area (Å²) in [5.74, 6) is -0.115. The van der Waals surface area contributed by atoms with E-state index < -0.39 is 5.97 Å². The topological polar surface area (TPSA) is 77.1 Å². The minimum atomic E-state index is -0.458.